The van der Waals surface area contributed by atoms with Crippen LogP contribution in [0, 0.1) is 0 Å². The van der Waals surface area contributed by atoms with Gasteiger partial charge in [0.1, 0.15) is 0 Å². The van der Waals surface area contributed by atoms with Crippen LogP contribution in [0.4, 0.5) is 0 Å². The van der Waals surface area contributed by atoms with Gasteiger partial charge >= 0.3 is 0 Å². The first kappa shape index (κ1) is 23.1. The van der Waals surface area contributed by atoms with Crippen molar-refractivity contribution in [1.29, 1.82) is 0 Å². The van der Waals surface area contributed by atoms with Crippen molar-refractivity contribution in [2.75, 3.05) is 39.9 Å². The number of carbonyl (C=O) groups is 1. The topological polar surface area (TPSA) is 97.1 Å². The lowest BCUT2D eigenvalue weighted by Gasteiger charge is -2.12. The Morgan fingerprint density at radius 1 is 1.10 bits per heavy atom. The number of amides is 1. The highest BCUT2D eigenvalue weighted by Crippen LogP contribution is 2.28. The van der Waals surface area contributed by atoms with E-state index in [-0.39, 0.29) is 5.91 Å². The Kier molecular flexibility index (Phi) is 10.1. The lowest BCUT2D eigenvalue weighted by Crippen LogP contribution is -2.41. The van der Waals surface area contributed by atoms with Gasteiger partial charge in [0.05, 0.1) is 20.0 Å². The molecular formula is C22H32N4O4. The predicted molar refractivity (Wildman–Crippen MR) is 118 cm³/mol. The molecule has 0 spiro atoms. The maximum Gasteiger partial charge on any atom is 0.287 e. The Labute approximate surface area is 178 Å². The SMILES string of the molecule is CCNC(=NCCCc1ccc(OC)c(OCC)c1)NCCNC(=O)c1ccco1. The highest BCUT2D eigenvalue weighted by atomic mass is 16.5. The van der Waals surface area contributed by atoms with Gasteiger partial charge in [0, 0.05) is 26.2 Å². The van der Waals surface area contributed by atoms with Crippen molar-refractivity contribution < 1.29 is 18.7 Å². The number of nitrogens with zero attached hydrogens (tertiary/aromatic N) is 1. The van der Waals surface area contributed by atoms with E-state index in [1.54, 1.807) is 19.2 Å². The predicted octanol–water partition coefficient (Wildman–Crippen LogP) is 2.60. The van der Waals surface area contributed by atoms with Crippen LogP contribution in [-0.4, -0.2) is 51.8 Å². The van der Waals surface area contributed by atoms with Crippen molar-refractivity contribution in [2.24, 2.45) is 4.99 Å². The van der Waals surface area contributed by atoms with Gasteiger partial charge in [-0.3, -0.25) is 9.79 Å². The number of carbonyl (C=O) groups excluding carboxylic acids is 1. The Bertz CT molecular complexity index is 790. The molecular weight excluding hydrogens is 384 g/mol. The minimum atomic E-state index is -0.227. The summed E-state index contributed by atoms with van der Waals surface area (Å²) in [5.41, 5.74) is 1.19. The minimum Gasteiger partial charge on any atom is -0.493 e. The molecule has 8 heteroatoms. The van der Waals surface area contributed by atoms with E-state index >= 15 is 0 Å². The smallest absolute Gasteiger partial charge is 0.287 e. The van der Waals surface area contributed by atoms with Gasteiger partial charge in [0.15, 0.2) is 23.2 Å². The zero-order valence-electron chi connectivity index (χ0n) is 18.0. The largest absolute Gasteiger partial charge is 0.493 e. The van der Waals surface area contributed by atoms with Gasteiger partial charge in [-0.25, -0.2) is 0 Å². The summed E-state index contributed by atoms with van der Waals surface area (Å²) >= 11 is 0. The second-order valence-corrected chi connectivity index (χ2v) is 6.44. The Balaban J connectivity index is 1.75. The summed E-state index contributed by atoms with van der Waals surface area (Å²) in [4.78, 5) is 16.4. The fourth-order valence-electron chi connectivity index (χ4n) is 2.81. The standard InChI is InChI=1S/C22H32N4O4/c1-4-23-22(26-14-13-24-21(27)19-9-7-15-30-19)25-12-6-8-17-10-11-18(28-3)20(16-17)29-5-2/h7,9-11,15-16H,4-6,8,12-14H2,1-3H3,(H,24,27)(H2,23,25,26). The summed E-state index contributed by atoms with van der Waals surface area (Å²) in [6.07, 6.45) is 3.28. The molecule has 0 aliphatic rings. The third-order valence-electron chi connectivity index (χ3n) is 4.21. The van der Waals surface area contributed by atoms with Crippen molar-refractivity contribution >= 4 is 11.9 Å². The number of furan rings is 1. The van der Waals surface area contributed by atoms with Crippen LogP contribution in [-0.2, 0) is 6.42 Å². The molecule has 0 fully saturated rings. The van der Waals surface area contributed by atoms with Crippen LogP contribution in [0.5, 0.6) is 11.5 Å². The van der Waals surface area contributed by atoms with E-state index in [1.807, 2.05) is 26.0 Å². The van der Waals surface area contributed by atoms with E-state index in [9.17, 15) is 4.79 Å². The van der Waals surface area contributed by atoms with Gasteiger partial charge in [-0.05, 0) is 56.5 Å². The average molecular weight is 417 g/mol. The fraction of sp³-hybridized carbons (Fsp3) is 0.455. The third-order valence-corrected chi connectivity index (χ3v) is 4.21. The Hall–Kier alpha value is -3.16. The zero-order valence-corrected chi connectivity index (χ0v) is 18.0. The zero-order chi connectivity index (χ0) is 21.6. The first-order valence-corrected chi connectivity index (χ1v) is 10.3. The Morgan fingerprint density at radius 2 is 1.93 bits per heavy atom. The van der Waals surface area contributed by atoms with E-state index in [4.69, 9.17) is 13.9 Å². The number of hydrogen-bond donors (Lipinski definition) is 3. The summed E-state index contributed by atoms with van der Waals surface area (Å²) < 4.78 is 16.0. The van der Waals surface area contributed by atoms with Crippen LogP contribution in [0.2, 0.25) is 0 Å². The molecule has 0 radical (unpaired) electrons. The molecule has 8 nitrogen and oxygen atoms in total. The maximum absolute atomic E-state index is 11.8. The number of aryl methyl sites for hydroxylation is 1. The van der Waals surface area contributed by atoms with Crippen molar-refractivity contribution in [3.63, 3.8) is 0 Å². The van der Waals surface area contributed by atoms with Crippen LogP contribution in [0.3, 0.4) is 0 Å². The fourth-order valence-corrected chi connectivity index (χ4v) is 2.81. The van der Waals surface area contributed by atoms with Crippen molar-refractivity contribution in [3.05, 3.63) is 47.9 Å². The summed E-state index contributed by atoms with van der Waals surface area (Å²) in [5.74, 6) is 2.33. The van der Waals surface area contributed by atoms with Gasteiger partial charge < -0.3 is 29.8 Å². The number of aliphatic imine (C=N–C) groups is 1. The third kappa shape index (κ3) is 7.69. The second kappa shape index (κ2) is 13.1. The molecule has 164 valence electrons. The summed E-state index contributed by atoms with van der Waals surface area (Å²) in [5, 5.41) is 9.22. The van der Waals surface area contributed by atoms with E-state index in [1.165, 1.54) is 11.8 Å². The lowest BCUT2D eigenvalue weighted by molar-refractivity contribution is 0.0926. The normalized spacial score (nSPS) is 11.1. The maximum atomic E-state index is 11.8. The van der Waals surface area contributed by atoms with Gasteiger partial charge in [-0.2, -0.15) is 0 Å². The second-order valence-electron chi connectivity index (χ2n) is 6.44. The number of guanidine groups is 1. The molecule has 30 heavy (non-hydrogen) atoms. The summed E-state index contributed by atoms with van der Waals surface area (Å²) in [6.45, 7) is 7.06. The number of nitrogens with one attached hydrogen (secondary N) is 3. The molecule has 1 amide bonds. The van der Waals surface area contributed by atoms with E-state index in [0.717, 1.165) is 36.8 Å². The first-order chi connectivity index (χ1) is 14.7. The van der Waals surface area contributed by atoms with Gasteiger partial charge in [-0.1, -0.05) is 6.07 Å². The van der Waals surface area contributed by atoms with Crippen molar-refractivity contribution in [2.45, 2.75) is 26.7 Å². The van der Waals surface area contributed by atoms with Crippen LogP contribution in [0.1, 0.15) is 36.4 Å². The molecule has 1 heterocycles. The molecule has 0 saturated carbocycles. The van der Waals surface area contributed by atoms with Gasteiger partial charge in [0.25, 0.3) is 5.91 Å². The average Bonchev–Trinajstić information content (AvgIpc) is 3.29. The summed E-state index contributed by atoms with van der Waals surface area (Å²) in [6, 6.07) is 9.33. The molecule has 1 aromatic heterocycles. The van der Waals surface area contributed by atoms with Gasteiger partial charge in [0.2, 0.25) is 0 Å². The van der Waals surface area contributed by atoms with Crippen LogP contribution in [0.15, 0.2) is 46.0 Å². The monoisotopic (exact) mass is 416 g/mol. The van der Waals surface area contributed by atoms with E-state index in [2.05, 4.69) is 27.0 Å². The molecule has 2 aromatic rings. The molecule has 0 aliphatic carbocycles. The highest BCUT2D eigenvalue weighted by Gasteiger charge is 2.07. The molecule has 0 atom stereocenters. The molecule has 3 N–H and O–H groups in total. The molecule has 0 bridgehead atoms. The van der Waals surface area contributed by atoms with Crippen LogP contribution < -0.4 is 25.4 Å². The van der Waals surface area contributed by atoms with Crippen molar-refractivity contribution in [3.8, 4) is 11.5 Å². The van der Waals surface area contributed by atoms with E-state index < -0.39 is 0 Å². The quantitative estimate of drug-likeness (QED) is 0.280. The number of methoxy groups -OCH3 is 1. The van der Waals surface area contributed by atoms with Crippen LogP contribution >= 0.6 is 0 Å². The molecule has 0 unspecified atom stereocenters. The van der Waals surface area contributed by atoms with E-state index in [0.29, 0.717) is 32.0 Å². The molecule has 0 aliphatic heterocycles. The van der Waals surface area contributed by atoms with Gasteiger partial charge in [-0.15, -0.1) is 0 Å². The minimum absolute atomic E-state index is 0.227. The highest BCUT2D eigenvalue weighted by molar-refractivity contribution is 5.91. The molecule has 2 rings (SSSR count). The number of ether oxygens (including phenoxy) is 2. The number of rotatable bonds is 12. The number of hydrogen-bond acceptors (Lipinski definition) is 5. The lowest BCUT2D eigenvalue weighted by atomic mass is 10.1. The first-order valence-electron chi connectivity index (χ1n) is 10.3. The van der Waals surface area contributed by atoms with Crippen LogP contribution in [0.25, 0.3) is 0 Å². The van der Waals surface area contributed by atoms with Crippen molar-refractivity contribution in [1.82, 2.24) is 16.0 Å². The molecule has 1 aromatic carbocycles. The Morgan fingerprint density at radius 3 is 2.63 bits per heavy atom. The molecule has 0 saturated heterocycles. The number of benzene rings is 1. The summed E-state index contributed by atoms with van der Waals surface area (Å²) in [7, 11) is 1.64.